The fraction of sp³-hybridized carbons (Fsp3) is 0.692. The Balaban J connectivity index is 1.99. The lowest BCUT2D eigenvalue weighted by atomic mass is 9.83. The molecule has 2 heterocycles. The lowest BCUT2D eigenvalue weighted by Gasteiger charge is -2.33. The average molecular weight is 318 g/mol. The molecular weight excluding hydrogens is 296 g/mol. The zero-order valence-electron chi connectivity index (χ0n) is 11.7. The van der Waals surface area contributed by atoms with Gasteiger partial charge in [0.15, 0.2) is 0 Å². The second-order valence-electron chi connectivity index (χ2n) is 5.51. The summed E-state index contributed by atoms with van der Waals surface area (Å²) in [6, 6.07) is 3.49. The van der Waals surface area contributed by atoms with Crippen molar-refractivity contribution in [1.29, 1.82) is 0 Å². The van der Waals surface area contributed by atoms with E-state index < -0.39 is 10.0 Å². The molecule has 1 aliphatic rings. The number of ether oxygens (including phenoxy) is 1. The number of nitrogens with one attached hydrogen (secondary N) is 1. The fourth-order valence-corrected chi connectivity index (χ4v) is 4.78. The first-order valence-electron chi connectivity index (χ1n) is 6.81. The minimum atomic E-state index is -3.41. The summed E-state index contributed by atoms with van der Waals surface area (Å²) in [5.41, 5.74) is 5.47. The molecule has 1 saturated heterocycles. The smallest absolute Gasteiger partial charge is 0.250 e. The van der Waals surface area contributed by atoms with Crippen LogP contribution in [0, 0.1) is 5.41 Å². The van der Waals surface area contributed by atoms with E-state index in [0.717, 1.165) is 24.1 Å². The molecule has 0 amide bonds. The van der Waals surface area contributed by atoms with Crippen LogP contribution in [0.15, 0.2) is 16.3 Å². The number of hydrogen-bond donors (Lipinski definition) is 2. The van der Waals surface area contributed by atoms with E-state index in [2.05, 4.69) is 11.6 Å². The minimum absolute atomic E-state index is 0.0112. The lowest BCUT2D eigenvalue weighted by Crippen LogP contribution is -2.39. The topological polar surface area (TPSA) is 81.4 Å². The molecule has 1 fully saturated rings. The first kappa shape index (κ1) is 15.9. The van der Waals surface area contributed by atoms with Crippen molar-refractivity contribution in [1.82, 2.24) is 4.72 Å². The van der Waals surface area contributed by atoms with E-state index in [1.54, 1.807) is 6.07 Å². The second kappa shape index (κ2) is 6.53. The van der Waals surface area contributed by atoms with Crippen molar-refractivity contribution in [2.24, 2.45) is 11.1 Å². The van der Waals surface area contributed by atoms with Crippen LogP contribution in [0.25, 0.3) is 0 Å². The summed E-state index contributed by atoms with van der Waals surface area (Å²) in [5, 5.41) is 0. The molecule has 2 rings (SSSR count). The monoisotopic (exact) mass is 318 g/mol. The van der Waals surface area contributed by atoms with Gasteiger partial charge < -0.3 is 10.5 Å². The Hall–Kier alpha value is -0.470. The van der Waals surface area contributed by atoms with Crippen LogP contribution in [0.1, 0.15) is 24.6 Å². The predicted octanol–water partition coefficient (Wildman–Crippen LogP) is 1.34. The molecule has 0 spiro atoms. The average Bonchev–Trinajstić information content (AvgIpc) is 2.88. The van der Waals surface area contributed by atoms with Crippen molar-refractivity contribution in [3.63, 3.8) is 0 Å². The number of rotatable bonds is 6. The van der Waals surface area contributed by atoms with Gasteiger partial charge in [0.05, 0.1) is 0 Å². The van der Waals surface area contributed by atoms with Crippen LogP contribution in [0.4, 0.5) is 0 Å². The van der Waals surface area contributed by atoms with Gasteiger partial charge >= 0.3 is 0 Å². The molecule has 114 valence electrons. The van der Waals surface area contributed by atoms with Crippen molar-refractivity contribution >= 4 is 21.4 Å². The molecule has 3 N–H and O–H groups in total. The molecule has 0 saturated carbocycles. The minimum Gasteiger partial charge on any atom is -0.381 e. The molecule has 5 nitrogen and oxygen atoms in total. The third-order valence-corrected chi connectivity index (χ3v) is 6.72. The molecule has 7 heteroatoms. The Labute approximate surface area is 124 Å². The summed E-state index contributed by atoms with van der Waals surface area (Å²) in [7, 11) is -3.41. The van der Waals surface area contributed by atoms with Crippen molar-refractivity contribution in [2.45, 2.75) is 30.4 Å². The van der Waals surface area contributed by atoms with Crippen LogP contribution in [-0.2, 0) is 21.2 Å². The summed E-state index contributed by atoms with van der Waals surface area (Å²) in [6.45, 7) is 4.51. The molecule has 0 aliphatic carbocycles. The number of nitrogens with two attached hydrogens (primary N) is 1. The van der Waals surface area contributed by atoms with Gasteiger partial charge in [-0.1, -0.05) is 6.92 Å². The molecule has 0 aromatic carbocycles. The van der Waals surface area contributed by atoms with E-state index in [1.807, 2.05) is 6.07 Å². The van der Waals surface area contributed by atoms with E-state index in [1.165, 1.54) is 11.3 Å². The first-order valence-corrected chi connectivity index (χ1v) is 9.11. The molecule has 0 radical (unpaired) electrons. The molecule has 1 aromatic heterocycles. The molecule has 0 atom stereocenters. The maximum absolute atomic E-state index is 12.3. The molecule has 0 unspecified atom stereocenters. The lowest BCUT2D eigenvalue weighted by molar-refractivity contribution is 0.0265. The van der Waals surface area contributed by atoms with Crippen LogP contribution in [0.5, 0.6) is 0 Å². The van der Waals surface area contributed by atoms with Gasteiger partial charge in [-0.2, -0.15) is 0 Å². The normalized spacial score (nSPS) is 19.1. The van der Waals surface area contributed by atoms with Crippen LogP contribution in [-0.4, -0.2) is 34.7 Å². The summed E-state index contributed by atoms with van der Waals surface area (Å²) >= 11 is 1.29. The van der Waals surface area contributed by atoms with Gasteiger partial charge in [-0.15, -0.1) is 11.3 Å². The van der Waals surface area contributed by atoms with Crippen molar-refractivity contribution < 1.29 is 13.2 Å². The molecular formula is C13H22N2O3S2. The molecule has 1 aliphatic heterocycles. The van der Waals surface area contributed by atoms with Crippen LogP contribution in [0.3, 0.4) is 0 Å². The number of thiophene rings is 1. The van der Waals surface area contributed by atoms with Gasteiger partial charge in [0, 0.05) is 24.6 Å². The van der Waals surface area contributed by atoms with E-state index in [0.29, 0.717) is 30.5 Å². The first-order chi connectivity index (χ1) is 9.45. The van der Waals surface area contributed by atoms with Gasteiger partial charge in [0.1, 0.15) is 4.21 Å². The van der Waals surface area contributed by atoms with Crippen molar-refractivity contribution in [3.05, 3.63) is 17.0 Å². The largest absolute Gasteiger partial charge is 0.381 e. The number of sulfonamides is 1. The highest BCUT2D eigenvalue weighted by atomic mass is 32.2. The van der Waals surface area contributed by atoms with E-state index in [-0.39, 0.29) is 5.41 Å². The van der Waals surface area contributed by atoms with Crippen molar-refractivity contribution in [3.8, 4) is 0 Å². The zero-order chi connectivity index (χ0) is 14.6. The third kappa shape index (κ3) is 4.02. The molecule has 20 heavy (non-hydrogen) atoms. The Kier molecular flexibility index (Phi) is 5.19. The summed E-state index contributed by atoms with van der Waals surface area (Å²) in [4.78, 5) is 1.00. The van der Waals surface area contributed by atoms with Crippen LogP contribution in [0.2, 0.25) is 0 Å². The Morgan fingerprint density at radius 1 is 1.40 bits per heavy atom. The van der Waals surface area contributed by atoms with Gasteiger partial charge in [0.2, 0.25) is 10.0 Å². The van der Waals surface area contributed by atoms with Gasteiger partial charge in [-0.05, 0) is 43.4 Å². The van der Waals surface area contributed by atoms with Gasteiger partial charge in [-0.3, -0.25) is 0 Å². The third-order valence-electron chi connectivity index (χ3n) is 3.68. The fourth-order valence-electron chi connectivity index (χ4n) is 2.16. The Morgan fingerprint density at radius 2 is 2.10 bits per heavy atom. The van der Waals surface area contributed by atoms with Crippen molar-refractivity contribution in [2.75, 3.05) is 26.3 Å². The maximum Gasteiger partial charge on any atom is 0.250 e. The summed E-state index contributed by atoms with van der Waals surface area (Å²) in [6.07, 6.45) is 2.49. The highest BCUT2D eigenvalue weighted by Crippen LogP contribution is 2.30. The Bertz CT molecular complexity index is 534. The van der Waals surface area contributed by atoms with Gasteiger partial charge in [0.25, 0.3) is 0 Å². The zero-order valence-corrected chi connectivity index (χ0v) is 13.4. The second-order valence-corrected chi connectivity index (χ2v) is 8.67. The number of hydrogen-bond acceptors (Lipinski definition) is 5. The maximum atomic E-state index is 12.3. The van der Waals surface area contributed by atoms with E-state index in [9.17, 15) is 8.42 Å². The molecule has 1 aromatic rings. The summed E-state index contributed by atoms with van der Waals surface area (Å²) in [5.74, 6) is 0. The van der Waals surface area contributed by atoms with E-state index >= 15 is 0 Å². The van der Waals surface area contributed by atoms with E-state index in [4.69, 9.17) is 10.5 Å². The quantitative estimate of drug-likeness (QED) is 0.829. The molecule has 0 bridgehead atoms. The van der Waals surface area contributed by atoms with Gasteiger partial charge in [-0.25, -0.2) is 13.1 Å². The standard InChI is InChI=1S/C13H22N2O3S2/c1-13(5-8-18-9-6-13)10-15-20(16,17)12-3-2-11(19-12)4-7-14/h2-3,15H,4-10,14H2,1H3. The van der Waals surface area contributed by atoms with Crippen LogP contribution >= 0.6 is 11.3 Å². The highest BCUT2D eigenvalue weighted by Gasteiger charge is 2.29. The highest BCUT2D eigenvalue weighted by molar-refractivity contribution is 7.91. The Morgan fingerprint density at radius 3 is 2.75 bits per heavy atom. The summed E-state index contributed by atoms with van der Waals surface area (Å²) < 4.78 is 33.0. The van der Waals surface area contributed by atoms with Crippen LogP contribution < -0.4 is 10.5 Å². The predicted molar refractivity (Wildman–Crippen MR) is 80.4 cm³/mol. The SMILES string of the molecule is CC1(CNS(=O)(=O)c2ccc(CCN)s2)CCOCC1.